The highest BCUT2D eigenvalue weighted by molar-refractivity contribution is 5.57. The van der Waals surface area contributed by atoms with Gasteiger partial charge in [0.1, 0.15) is 5.82 Å². The molecule has 2 rings (SSSR count). The Hall–Kier alpha value is -1.91. The van der Waals surface area contributed by atoms with Crippen molar-refractivity contribution in [2.75, 3.05) is 11.9 Å². The van der Waals surface area contributed by atoms with E-state index in [1.807, 2.05) is 17.1 Å². The van der Waals surface area contributed by atoms with Gasteiger partial charge in [-0.25, -0.2) is 4.98 Å². The highest BCUT2D eigenvalue weighted by atomic mass is 15.3. The number of aromatic nitrogens is 4. The average Bonchev–Trinajstić information content (AvgIpc) is 2.85. The van der Waals surface area contributed by atoms with Gasteiger partial charge in [-0.2, -0.15) is 5.10 Å². The molecule has 0 aromatic carbocycles. The van der Waals surface area contributed by atoms with Crippen LogP contribution in [0.15, 0.2) is 24.8 Å². The molecule has 0 amide bonds. The predicted molar refractivity (Wildman–Crippen MR) is 67.7 cm³/mol. The van der Waals surface area contributed by atoms with Gasteiger partial charge in [-0.15, -0.1) is 0 Å². The van der Waals surface area contributed by atoms with Gasteiger partial charge in [0.05, 0.1) is 24.3 Å². The molecule has 0 unspecified atom stereocenters. The molecule has 2 heterocycles. The van der Waals surface area contributed by atoms with E-state index in [1.165, 1.54) is 0 Å². The van der Waals surface area contributed by atoms with Crippen LogP contribution in [0.2, 0.25) is 0 Å². The molecule has 0 spiro atoms. The fourth-order valence-corrected chi connectivity index (χ4v) is 1.51. The van der Waals surface area contributed by atoms with Crippen molar-refractivity contribution in [3.8, 4) is 11.3 Å². The van der Waals surface area contributed by atoms with Crippen LogP contribution in [0, 0.1) is 0 Å². The van der Waals surface area contributed by atoms with Crippen molar-refractivity contribution in [1.82, 2.24) is 19.7 Å². The quantitative estimate of drug-likeness (QED) is 0.857. The first-order valence-electron chi connectivity index (χ1n) is 5.92. The summed E-state index contributed by atoms with van der Waals surface area (Å²) in [7, 11) is 0. The van der Waals surface area contributed by atoms with Crippen molar-refractivity contribution < 1.29 is 0 Å². The minimum absolute atomic E-state index is 0.814. The summed E-state index contributed by atoms with van der Waals surface area (Å²) in [6.45, 7) is 5.95. The second-order valence-corrected chi connectivity index (χ2v) is 3.80. The van der Waals surface area contributed by atoms with Crippen LogP contribution in [0.4, 0.5) is 5.82 Å². The van der Waals surface area contributed by atoms with E-state index in [0.29, 0.717) is 0 Å². The zero-order chi connectivity index (χ0) is 12.1. The summed E-state index contributed by atoms with van der Waals surface area (Å²) in [5.74, 6) is 0.814. The molecule has 0 fully saturated rings. The second-order valence-electron chi connectivity index (χ2n) is 3.80. The van der Waals surface area contributed by atoms with E-state index in [9.17, 15) is 0 Å². The monoisotopic (exact) mass is 231 g/mol. The van der Waals surface area contributed by atoms with E-state index >= 15 is 0 Å². The van der Waals surface area contributed by atoms with E-state index < -0.39 is 0 Å². The standard InChI is InChI=1S/C12H17N5/c1-3-5-14-12-8-13-7-11(16-12)10-6-15-17(4-2)9-10/h6-9H,3-5H2,1-2H3,(H,14,16). The summed E-state index contributed by atoms with van der Waals surface area (Å²) < 4.78 is 1.88. The van der Waals surface area contributed by atoms with Gasteiger partial charge in [-0.05, 0) is 13.3 Å². The predicted octanol–water partition coefficient (Wildman–Crippen LogP) is 2.18. The molecule has 2 aromatic rings. The Bertz CT molecular complexity index is 477. The first-order valence-corrected chi connectivity index (χ1v) is 5.92. The summed E-state index contributed by atoms with van der Waals surface area (Å²) in [5.41, 5.74) is 1.85. The Morgan fingerprint density at radius 2 is 2.12 bits per heavy atom. The molecule has 0 bridgehead atoms. The molecule has 0 aliphatic heterocycles. The number of hydrogen-bond acceptors (Lipinski definition) is 4. The summed E-state index contributed by atoms with van der Waals surface area (Å²) in [4.78, 5) is 8.69. The van der Waals surface area contributed by atoms with Crippen LogP contribution in [0.25, 0.3) is 11.3 Å². The fourth-order valence-electron chi connectivity index (χ4n) is 1.51. The summed E-state index contributed by atoms with van der Waals surface area (Å²) in [6.07, 6.45) is 8.36. The Balaban J connectivity index is 2.20. The topological polar surface area (TPSA) is 55.6 Å². The molecule has 0 aliphatic carbocycles. The molecule has 2 aromatic heterocycles. The highest BCUT2D eigenvalue weighted by Gasteiger charge is 2.04. The van der Waals surface area contributed by atoms with Crippen molar-refractivity contribution in [2.45, 2.75) is 26.8 Å². The lowest BCUT2D eigenvalue weighted by Crippen LogP contribution is -2.02. The van der Waals surface area contributed by atoms with E-state index in [4.69, 9.17) is 0 Å². The number of nitrogens with zero attached hydrogens (tertiary/aromatic N) is 4. The molecule has 0 atom stereocenters. The third kappa shape index (κ3) is 2.81. The van der Waals surface area contributed by atoms with Gasteiger partial charge in [0.15, 0.2) is 0 Å². The van der Waals surface area contributed by atoms with Crippen molar-refractivity contribution in [2.24, 2.45) is 0 Å². The van der Waals surface area contributed by atoms with Gasteiger partial charge >= 0.3 is 0 Å². The molecule has 90 valence electrons. The number of anilines is 1. The van der Waals surface area contributed by atoms with Gasteiger partial charge < -0.3 is 5.32 Å². The van der Waals surface area contributed by atoms with Crippen LogP contribution in [0.3, 0.4) is 0 Å². The highest BCUT2D eigenvalue weighted by Crippen LogP contribution is 2.16. The maximum atomic E-state index is 4.50. The Labute approximate surface area is 101 Å². The van der Waals surface area contributed by atoms with Gasteiger partial charge in [0.2, 0.25) is 0 Å². The molecular weight excluding hydrogens is 214 g/mol. The van der Waals surface area contributed by atoms with Crippen molar-refractivity contribution >= 4 is 5.82 Å². The largest absolute Gasteiger partial charge is 0.369 e. The maximum Gasteiger partial charge on any atom is 0.145 e. The lowest BCUT2D eigenvalue weighted by atomic mass is 10.3. The van der Waals surface area contributed by atoms with Crippen molar-refractivity contribution in [3.63, 3.8) is 0 Å². The van der Waals surface area contributed by atoms with Crippen LogP contribution < -0.4 is 5.32 Å². The van der Waals surface area contributed by atoms with E-state index in [2.05, 4.69) is 34.2 Å². The first-order chi connectivity index (χ1) is 8.33. The number of hydrogen-bond donors (Lipinski definition) is 1. The molecule has 1 N–H and O–H groups in total. The van der Waals surface area contributed by atoms with Crippen LogP contribution >= 0.6 is 0 Å². The SMILES string of the molecule is CCCNc1cncc(-c2cnn(CC)c2)n1. The summed E-state index contributed by atoms with van der Waals surface area (Å²) in [5, 5.41) is 7.46. The van der Waals surface area contributed by atoms with Crippen molar-refractivity contribution in [1.29, 1.82) is 0 Å². The number of nitrogens with one attached hydrogen (secondary N) is 1. The third-order valence-corrected chi connectivity index (χ3v) is 2.44. The third-order valence-electron chi connectivity index (χ3n) is 2.44. The van der Waals surface area contributed by atoms with Gasteiger partial charge in [0.25, 0.3) is 0 Å². The zero-order valence-electron chi connectivity index (χ0n) is 10.2. The normalized spacial score (nSPS) is 10.5. The molecule has 0 saturated carbocycles. The second kappa shape index (κ2) is 5.43. The number of rotatable bonds is 5. The average molecular weight is 231 g/mol. The summed E-state index contributed by atoms with van der Waals surface area (Å²) in [6, 6.07) is 0. The lowest BCUT2D eigenvalue weighted by Gasteiger charge is -2.04. The van der Waals surface area contributed by atoms with Crippen LogP contribution in [-0.4, -0.2) is 26.3 Å². The minimum Gasteiger partial charge on any atom is -0.369 e. The zero-order valence-corrected chi connectivity index (χ0v) is 10.2. The number of aryl methyl sites for hydroxylation is 1. The van der Waals surface area contributed by atoms with E-state index in [0.717, 1.165) is 36.6 Å². The van der Waals surface area contributed by atoms with Gasteiger partial charge in [0, 0.05) is 24.8 Å². The Morgan fingerprint density at radius 3 is 2.82 bits per heavy atom. The first kappa shape index (κ1) is 11.6. The summed E-state index contributed by atoms with van der Waals surface area (Å²) >= 11 is 0. The minimum atomic E-state index is 0.814. The van der Waals surface area contributed by atoms with Gasteiger partial charge in [-0.3, -0.25) is 9.67 Å². The molecular formula is C12H17N5. The van der Waals surface area contributed by atoms with Crippen LogP contribution in [0.5, 0.6) is 0 Å². The lowest BCUT2D eigenvalue weighted by molar-refractivity contribution is 0.660. The van der Waals surface area contributed by atoms with Crippen LogP contribution in [0.1, 0.15) is 20.3 Å². The van der Waals surface area contributed by atoms with Crippen molar-refractivity contribution in [3.05, 3.63) is 24.8 Å². The fraction of sp³-hybridized carbons (Fsp3) is 0.417. The Kier molecular flexibility index (Phi) is 3.69. The van der Waals surface area contributed by atoms with Crippen LogP contribution in [-0.2, 0) is 6.54 Å². The molecule has 0 saturated heterocycles. The Morgan fingerprint density at radius 1 is 1.24 bits per heavy atom. The van der Waals surface area contributed by atoms with Gasteiger partial charge in [-0.1, -0.05) is 6.92 Å². The maximum absolute atomic E-state index is 4.50. The molecule has 17 heavy (non-hydrogen) atoms. The molecule has 5 nitrogen and oxygen atoms in total. The molecule has 0 radical (unpaired) electrons. The van der Waals surface area contributed by atoms with E-state index in [1.54, 1.807) is 12.4 Å². The van der Waals surface area contributed by atoms with E-state index in [-0.39, 0.29) is 0 Å². The molecule has 0 aliphatic rings. The molecule has 5 heteroatoms. The smallest absolute Gasteiger partial charge is 0.145 e.